The second kappa shape index (κ2) is 38.7. The Morgan fingerprint density at radius 1 is 0.148 bits per heavy atom. The molecular formula is C137H98N12. The standard InChI is InChI=1S/C49H34N4.C45H34N4.C43H30N4/c1-4-15-35(16-5-1)36-27-29-39(30-28-36)51(38-19-8-3-9-20-38)46-25-14-26-47-48(46)42-21-10-12-23-44(42)52(47)40-31-33-41(34-32-40)53-45-24-13-11-22-43(45)50-49(53)37-17-6-2-7-18-37;1-31-19-23-34(24-20-31)47(35-25-21-32(2)22-26-35)42-17-10-18-43-44(42)38-13-6-8-15-40(38)48(43)36-27-29-37(30-28-36)49-41-16-9-7-14-39(41)46-45(49)33-11-4-3-5-12-33;1-4-15-31(16-5-1)43-44-37-22-11-13-24-39(37)47(43)35-29-27-34(28-30-35)46-38-23-12-10-21-36(38)42-40(25-14-26-41(42)46)45(32-17-6-2-7-18-32)33-19-8-3-9-20-33/h1-34H;3-30H,1-2H3;1-30H. The minimum atomic E-state index is 0.930. The highest BCUT2D eigenvalue weighted by molar-refractivity contribution is 6.20. The number of benzene rings is 22. The van der Waals surface area contributed by atoms with Crippen molar-refractivity contribution < 1.29 is 0 Å². The molecule has 0 amide bonds. The third-order valence-corrected chi connectivity index (χ3v) is 28.5. The van der Waals surface area contributed by atoms with Gasteiger partial charge in [0.15, 0.2) is 0 Å². The maximum Gasteiger partial charge on any atom is 0.145 e. The summed E-state index contributed by atoms with van der Waals surface area (Å²) in [5.74, 6) is 2.80. The first-order chi connectivity index (χ1) is 73.8. The Morgan fingerprint density at radius 3 is 0.624 bits per heavy atom. The summed E-state index contributed by atoms with van der Waals surface area (Å²) in [5.41, 5.74) is 37.9. The maximum atomic E-state index is 5.06. The highest BCUT2D eigenvalue weighted by Gasteiger charge is 2.28. The maximum absolute atomic E-state index is 5.06. The molecule has 0 radical (unpaired) electrons. The molecule has 0 saturated heterocycles. The molecule has 0 fully saturated rings. The second-order valence-electron chi connectivity index (χ2n) is 37.6. The highest BCUT2D eigenvalue weighted by atomic mass is 15.2. The van der Waals surface area contributed by atoms with Crippen LogP contribution in [0.15, 0.2) is 558 Å². The van der Waals surface area contributed by atoms with E-state index in [9.17, 15) is 0 Å². The zero-order valence-corrected chi connectivity index (χ0v) is 82.0. The van der Waals surface area contributed by atoms with Gasteiger partial charge in [-0.25, -0.2) is 15.0 Å². The Hall–Kier alpha value is -20.0. The molecule has 0 bridgehead atoms. The zero-order valence-electron chi connectivity index (χ0n) is 82.0. The van der Waals surface area contributed by atoms with E-state index in [1.54, 1.807) is 0 Å². The fourth-order valence-corrected chi connectivity index (χ4v) is 21.7. The lowest BCUT2D eigenvalue weighted by Crippen LogP contribution is -2.10. The van der Waals surface area contributed by atoms with Crippen molar-refractivity contribution in [2.45, 2.75) is 13.8 Å². The largest absolute Gasteiger partial charge is 0.310 e. The number of hydrogen-bond donors (Lipinski definition) is 0. The van der Waals surface area contributed by atoms with E-state index in [1.807, 2.05) is 36.4 Å². The lowest BCUT2D eigenvalue weighted by atomic mass is 10.0. The number of nitrogens with zero attached hydrogens (tertiary/aromatic N) is 12. The van der Waals surface area contributed by atoms with Gasteiger partial charge in [-0.1, -0.05) is 333 Å². The lowest BCUT2D eigenvalue weighted by Gasteiger charge is -2.26. The monoisotopic (exact) mass is 1910 g/mol. The average molecular weight is 1910 g/mol. The van der Waals surface area contributed by atoms with Gasteiger partial charge >= 0.3 is 0 Å². The predicted molar refractivity (Wildman–Crippen MR) is 621 cm³/mol. The van der Waals surface area contributed by atoms with Crippen LogP contribution in [-0.2, 0) is 0 Å². The highest BCUT2D eigenvalue weighted by Crippen LogP contribution is 2.50. The third-order valence-electron chi connectivity index (χ3n) is 28.5. The van der Waals surface area contributed by atoms with Crippen molar-refractivity contribution in [3.8, 4) is 79.4 Å². The van der Waals surface area contributed by atoms with Crippen LogP contribution in [0.5, 0.6) is 0 Å². The van der Waals surface area contributed by atoms with Gasteiger partial charge in [-0.15, -0.1) is 0 Å². The quantitative estimate of drug-likeness (QED) is 0.0803. The third kappa shape index (κ3) is 16.4. The van der Waals surface area contributed by atoms with Crippen molar-refractivity contribution in [1.82, 2.24) is 42.4 Å². The minimum absolute atomic E-state index is 0.930. The number of fused-ring (bicyclic) bond motifs is 12. The predicted octanol–water partition coefficient (Wildman–Crippen LogP) is 36.1. The van der Waals surface area contributed by atoms with E-state index < -0.39 is 0 Å². The van der Waals surface area contributed by atoms with Crippen LogP contribution in [0, 0.1) is 13.8 Å². The summed E-state index contributed by atoms with van der Waals surface area (Å²) in [4.78, 5) is 22.3. The molecule has 22 aromatic carbocycles. The number of hydrogen-bond acceptors (Lipinski definition) is 6. The summed E-state index contributed by atoms with van der Waals surface area (Å²) in [7, 11) is 0. The number of anilines is 9. The molecule has 706 valence electrons. The fourth-order valence-electron chi connectivity index (χ4n) is 21.7. The first-order valence-electron chi connectivity index (χ1n) is 50.6. The lowest BCUT2D eigenvalue weighted by molar-refractivity contribution is 1.09. The minimum Gasteiger partial charge on any atom is -0.310 e. The molecule has 0 saturated carbocycles. The Kier molecular flexibility index (Phi) is 23.2. The van der Waals surface area contributed by atoms with Crippen molar-refractivity contribution >= 4 is 150 Å². The van der Waals surface area contributed by atoms with Gasteiger partial charge in [0.25, 0.3) is 0 Å². The second-order valence-corrected chi connectivity index (χ2v) is 37.6. The number of para-hydroxylation sites is 12. The van der Waals surface area contributed by atoms with Gasteiger partial charge in [0.2, 0.25) is 0 Å². The van der Waals surface area contributed by atoms with Gasteiger partial charge in [-0.3, -0.25) is 13.7 Å². The van der Waals surface area contributed by atoms with Crippen LogP contribution in [0.1, 0.15) is 11.1 Å². The van der Waals surface area contributed by atoms with Gasteiger partial charge in [-0.05, 0) is 262 Å². The molecule has 0 aliphatic carbocycles. The van der Waals surface area contributed by atoms with Crippen LogP contribution in [0.4, 0.5) is 51.2 Å². The van der Waals surface area contributed by atoms with Crippen LogP contribution < -0.4 is 14.7 Å². The molecule has 28 aromatic rings. The summed E-state index contributed by atoms with van der Waals surface area (Å²) in [6.07, 6.45) is 0. The van der Waals surface area contributed by atoms with E-state index in [0.717, 1.165) is 175 Å². The Morgan fingerprint density at radius 2 is 0.349 bits per heavy atom. The normalized spacial score (nSPS) is 11.4. The molecule has 0 N–H and O–H groups in total. The van der Waals surface area contributed by atoms with Crippen LogP contribution in [-0.4, -0.2) is 42.4 Å². The van der Waals surface area contributed by atoms with Crippen molar-refractivity contribution in [3.05, 3.63) is 569 Å². The number of imidazole rings is 3. The van der Waals surface area contributed by atoms with E-state index >= 15 is 0 Å². The van der Waals surface area contributed by atoms with E-state index in [1.165, 1.54) is 65.6 Å². The summed E-state index contributed by atoms with van der Waals surface area (Å²) >= 11 is 0. The summed E-state index contributed by atoms with van der Waals surface area (Å²) in [5, 5.41) is 7.27. The van der Waals surface area contributed by atoms with Gasteiger partial charge in [0.1, 0.15) is 17.5 Å². The van der Waals surface area contributed by atoms with Crippen molar-refractivity contribution in [2.75, 3.05) is 14.7 Å². The fraction of sp³-hybridized carbons (Fsp3) is 0.0146. The van der Waals surface area contributed by atoms with Crippen LogP contribution in [0.2, 0.25) is 0 Å². The summed E-state index contributed by atoms with van der Waals surface area (Å²) < 4.78 is 14.0. The number of aryl methyl sites for hydroxylation is 2. The van der Waals surface area contributed by atoms with E-state index in [0.29, 0.717) is 0 Å². The molecular weight excluding hydrogens is 1810 g/mol. The van der Waals surface area contributed by atoms with Gasteiger partial charge in [0.05, 0.1) is 83.3 Å². The van der Waals surface area contributed by atoms with E-state index in [4.69, 9.17) is 15.0 Å². The van der Waals surface area contributed by atoms with Crippen molar-refractivity contribution in [3.63, 3.8) is 0 Å². The molecule has 6 heterocycles. The molecule has 0 atom stereocenters. The summed E-state index contributed by atoms with van der Waals surface area (Å²) in [6.45, 7) is 4.27. The molecule has 12 nitrogen and oxygen atoms in total. The smallest absolute Gasteiger partial charge is 0.145 e. The van der Waals surface area contributed by atoms with Crippen LogP contribution >= 0.6 is 0 Å². The molecule has 149 heavy (non-hydrogen) atoms. The van der Waals surface area contributed by atoms with Crippen molar-refractivity contribution in [1.29, 1.82) is 0 Å². The SMILES string of the molecule is Cc1ccc(N(c2ccc(C)cc2)c2cccc3c2c2ccccc2n3-c2ccc(-n3c(-c4ccccc4)nc4ccccc43)cc2)cc1.c1ccc(-c2ccc(N(c3ccccc3)c3cccc4c3c3ccccc3n4-c3ccc(-n4c(-c5ccccc5)nc5ccccc54)cc3)cc2)cc1.c1ccc(-c2nc3ccccc3n2-c2ccc(-n3c4ccccc4c4c(N(c5ccccc5)c5ccccc5)cccc43)cc2)cc1. The first-order valence-corrected chi connectivity index (χ1v) is 50.6. The van der Waals surface area contributed by atoms with E-state index in [-0.39, 0.29) is 0 Å². The number of aromatic nitrogens is 9. The van der Waals surface area contributed by atoms with Crippen LogP contribution in [0.3, 0.4) is 0 Å². The van der Waals surface area contributed by atoms with Gasteiger partial charge in [0, 0.05) is 117 Å². The first kappa shape index (κ1) is 89.2. The molecule has 0 unspecified atom stereocenters. The van der Waals surface area contributed by atoms with E-state index in [2.05, 4.69) is 578 Å². The molecule has 0 spiro atoms. The summed E-state index contributed by atoms with van der Waals surface area (Å²) in [6, 6.07) is 198. The van der Waals surface area contributed by atoms with Gasteiger partial charge < -0.3 is 28.4 Å². The molecule has 0 aliphatic rings. The topological polar surface area (TPSA) is 78.0 Å². The molecule has 0 aliphatic heterocycles. The Balaban J connectivity index is 0.000000113. The number of rotatable bonds is 19. The Bertz CT molecular complexity index is 9640. The molecule has 28 rings (SSSR count). The molecule has 6 aromatic heterocycles. The van der Waals surface area contributed by atoms with Gasteiger partial charge in [-0.2, -0.15) is 0 Å². The van der Waals surface area contributed by atoms with Crippen molar-refractivity contribution in [2.24, 2.45) is 0 Å². The average Bonchev–Trinajstić information content (AvgIpc) is 1.58. The van der Waals surface area contributed by atoms with Crippen LogP contribution in [0.25, 0.3) is 178 Å². The Labute approximate surface area is 863 Å². The zero-order chi connectivity index (χ0) is 99.2. The molecule has 12 heteroatoms.